The molecule has 2 N–H and O–H groups in total. The summed E-state index contributed by atoms with van der Waals surface area (Å²) in [6.07, 6.45) is 2.67. The number of hydrazone groups is 1. The monoisotopic (exact) mass is 353 g/mol. The number of benzene rings is 1. The van der Waals surface area contributed by atoms with Crippen molar-refractivity contribution in [3.8, 4) is 0 Å². The SMILES string of the molecule is Cc1ccc(N2N=C([N+](=O)[O-])[C@H](c3ccco3)[NH2+][C@@H]2c2ccco2)cc1. The van der Waals surface area contributed by atoms with E-state index in [0.29, 0.717) is 11.5 Å². The van der Waals surface area contributed by atoms with E-state index in [9.17, 15) is 10.1 Å². The summed E-state index contributed by atoms with van der Waals surface area (Å²) in [5, 5.41) is 19.4. The van der Waals surface area contributed by atoms with Crippen molar-refractivity contribution in [3.63, 3.8) is 0 Å². The first kappa shape index (κ1) is 16.1. The van der Waals surface area contributed by atoms with Gasteiger partial charge in [-0.2, -0.15) is 0 Å². The second-order valence-electron chi connectivity index (χ2n) is 6.04. The number of anilines is 1. The van der Waals surface area contributed by atoms with Crippen molar-refractivity contribution in [2.24, 2.45) is 5.10 Å². The molecule has 3 heterocycles. The van der Waals surface area contributed by atoms with E-state index in [1.54, 1.807) is 29.5 Å². The van der Waals surface area contributed by atoms with E-state index < -0.39 is 17.1 Å². The smallest absolute Gasteiger partial charge is 0.430 e. The van der Waals surface area contributed by atoms with E-state index in [4.69, 9.17) is 8.83 Å². The zero-order chi connectivity index (χ0) is 18.1. The van der Waals surface area contributed by atoms with Crippen LogP contribution in [0.15, 0.2) is 75.0 Å². The highest BCUT2D eigenvalue weighted by molar-refractivity contribution is 5.81. The molecule has 2 atom stereocenters. The van der Waals surface area contributed by atoms with Gasteiger partial charge in [-0.3, -0.25) is 5.32 Å². The Kier molecular flexibility index (Phi) is 4.02. The van der Waals surface area contributed by atoms with Crippen molar-refractivity contribution in [2.45, 2.75) is 19.1 Å². The number of hydrogen-bond donors (Lipinski definition) is 1. The molecule has 1 aliphatic rings. The standard InChI is InChI=1S/C18H16N4O4/c1-12-6-8-13(9-7-12)21-17(15-5-3-11-26-15)19-16(14-4-2-10-25-14)18(20-21)22(23)24/h2-11,16-17,19H,1H3/p+1/t16-,17-/m0/s1. The third-order valence-corrected chi connectivity index (χ3v) is 4.30. The Morgan fingerprint density at radius 3 is 2.31 bits per heavy atom. The summed E-state index contributed by atoms with van der Waals surface area (Å²) in [5.74, 6) is 0.928. The van der Waals surface area contributed by atoms with Crippen LogP contribution in [0.25, 0.3) is 0 Å². The number of furan rings is 2. The molecule has 0 fully saturated rings. The number of quaternary nitrogens is 1. The van der Waals surface area contributed by atoms with Crippen LogP contribution in [0.5, 0.6) is 0 Å². The number of nitrogens with zero attached hydrogens (tertiary/aromatic N) is 3. The maximum Gasteiger partial charge on any atom is 0.430 e. The molecule has 132 valence electrons. The van der Waals surface area contributed by atoms with Crippen LogP contribution in [0.2, 0.25) is 0 Å². The zero-order valence-electron chi connectivity index (χ0n) is 14.0. The van der Waals surface area contributed by atoms with Crippen molar-refractivity contribution >= 4 is 11.5 Å². The van der Waals surface area contributed by atoms with Gasteiger partial charge in [-0.25, -0.2) is 0 Å². The highest BCUT2D eigenvalue weighted by Crippen LogP contribution is 2.29. The highest BCUT2D eigenvalue weighted by atomic mass is 16.6. The van der Waals surface area contributed by atoms with Crippen LogP contribution < -0.4 is 10.3 Å². The van der Waals surface area contributed by atoms with Crippen LogP contribution in [0.1, 0.15) is 29.3 Å². The van der Waals surface area contributed by atoms with Crippen LogP contribution in [0, 0.1) is 17.0 Å². The summed E-state index contributed by atoms with van der Waals surface area (Å²) in [5.41, 5.74) is 1.83. The van der Waals surface area contributed by atoms with Crippen molar-refractivity contribution in [1.82, 2.24) is 0 Å². The third kappa shape index (κ3) is 2.86. The van der Waals surface area contributed by atoms with Gasteiger partial charge in [-0.15, -0.1) is 5.01 Å². The molecule has 1 aromatic carbocycles. The molecule has 8 heteroatoms. The van der Waals surface area contributed by atoms with Crippen LogP contribution in [-0.2, 0) is 0 Å². The van der Waals surface area contributed by atoms with E-state index >= 15 is 0 Å². The Balaban J connectivity index is 1.83. The Labute approximate surface area is 148 Å². The van der Waals surface area contributed by atoms with E-state index in [-0.39, 0.29) is 5.84 Å². The second kappa shape index (κ2) is 6.49. The average Bonchev–Trinajstić information content (AvgIpc) is 3.35. The second-order valence-corrected chi connectivity index (χ2v) is 6.04. The highest BCUT2D eigenvalue weighted by Gasteiger charge is 2.47. The lowest BCUT2D eigenvalue weighted by molar-refractivity contribution is -0.732. The third-order valence-electron chi connectivity index (χ3n) is 4.30. The molecule has 0 saturated heterocycles. The van der Waals surface area contributed by atoms with Crippen LogP contribution in [0.4, 0.5) is 5.69 Å². The fourth-order valence-corrected chi connectivity index (χ4v) is 3.02. The predicted molar refractivity (Wildman–Crippen MR) is 92.9 cm³/mol. The molecule has 0 spiro atoms. The molecule has 0 saturated carbocycles. The van der Waals surface area contributed by atoms with E-state index in [2.05, 4.69) is 5.10 Å². The lowest BCUT2D eigenvalue weighted by Gasteiger charge is -2.27. The number of amidine groups is 1. The minimum Gasteiger partial charge on any atom is -0.462 e. The fraction of sp³-hybridized carbons (Fsp3) is 0.167. The van der Waals surface area contributed by atoms with Crippen molar-refractivity contribution in [3.05, 3.63) is 88.3 Å². The van der Waals surface area contributed by atoms with E-state index in [1.165, 1.54) is 6.26 Å². The molecular formula is C18H17N4O4+. The van der Waals surface area contributed by atoms with Gasteiger partial charge in [0.2, 0.25) is 0 Å². The van der Waals surface area contributed by atoms with Gasteiger partial charge in [0.1, 0.15) is 0 Å². The van der Waals surface area contributed by atoms with Crippen molar-refractivity contribution in [1.29, 1.82) is 0 Å². The zero-order valence-corrected chi connectivity index (χ0v) is 14.0. The first-order valence-corrected chi connectivity index (χ1v) is 8.14. The summed E-state index contributed by atoms with van der Waals surface area (Å²) >= 11 is 0. The van der Waals surface area contributed by atoms with Crippen LogP contribution in [-0.4, -0.2) is 10.8 Å². The summed E-state index contributed by atoms with van der Waals surface area (Å²) in [6.45, 7) is 1.98. The number of rotatable bonds is 3. The number of nitro groups is 1. The molecule has 8 nitrogen and oxygen atoms in total. The molecular weight excluding hydrogens is 336 g/mol. The van der Waals surface area contributed by atoms with Crippen molar-refractivity contribution < 1.29 is 19.1 Å². The van der Waals surface area contributed by atoms with Gasteiger partial charge in [0.15, 0.2) is 11.5 Å². The minimum atomic E-state index is -0.670. The molecule has 0 amide bonds. The Morgan fingerprint density at radius 1 is 1.08 bits per heavy atom. The number of hydrogen-bond acceptors (Lipinski definition) is 6. The Bertz CT molecular complexity index is 917. The minimum absolute atomic E-state index is 0.191. The summed E-state index contributed by atoms with van der Waals surface area (Å²) in [4.78, 5) is 11.2. The normalized spacial score (nSPS) is 20.0. The average molecular weight is 353 g/mol. The lowest BCUT2D eigenvalue weighted by atomic mass is 10.1. The summed E-state index contributed by atoms with van der Waals surface area (Å²) in [6, 6.07) is 14.0. The lowest BCUT2D eigenvalue weighted by Crippen LogP contribution is -2.92. The molecule has 3 aromatic rings. The van der Waals surface area contributed by atoms with Gasteiger partial charge in [0.05, 0.1) is 23.3 Å². The van der Waals surface area contributed by atoms with Gasteiger partial charge in [-0.1, -0.05) is 17.7 Å². The van der Waals surface area contributed by atoms with Crippen molar-refractivity contribution in [2.75, 3.05) is 5.01 Å². The predicted octanol–water partition coefficient (Wildman–Crippen LogP) is 2.59. The fourth-order valence-electron chi connectivity index (χ4n) is 3.02. The number of nitrogens with two attached hydrogens (primary N) is 1. The largest absolute Gasteiger partial charge is 0.462 e. The molecule has 4 rings (SSSR count). The van der Waals surface area contributed by atoms with Crippen LogP contribution in [0.3, 0.4) is 0 Å². The van der Waals surface area contributed by atoms with Gasteiger partial charge in [0, 0.05) is 0 Å². The number of aryl methyl sites for hydroxylation is 1. The first-order chi connectivity index (χ1) is 12.6. The molecule has 0 aliphatic carbocycles. The molecule has 0 bridgehead atoms. The summed E-state index contributed by atoms with van der Waals surface area (Å²) < 4.78 is 11.0. The van der Waals surface area contributed by atoms with Crippen LogP contribution >= 0.6 is 0 Å². The first-order valence-electron chi connectivity index (χ1n) is 8.14. The van der Waals surface area contributed by atoms with Gasteiger partial charge < -0.3 is 18.9 Å². The Morgan fingerprint density at radius 2 is 1.73 bits per heavy atom. The molecule has 0 radical (unpaired) electrons. The quantitative estimate of drug-likeness (QED) is 0.576. The van der Waals surface area contributed by atoms with Gasteiger partial charge in [-0.05, 0) is 48.2 Å². The molecule has 26 heavy (non-hydrogen) atoms. The molecule has 2 aromatic heterocycles. The summed E-state index contributed by atoms with van der Waals surface area (Å²) in [7, 11) is 0. The van der Waals surface area contributed by atoms with E-state index in [1.807, 2.05) is 42.6 Å². The molecule has 0 unspecified atom stereocenters. The maximum absolute atomic E-state index is 11.6. The Hall–Kier alpha value is -3.39. The maximum atomic E-state index is 11.6. The topological polar surface area (TPSA) is 102 Å². The van der Waals surface area contributed by atoms with Gasteiger partial charge >= 0.3 is 5.84 Å². The van der Waals surface area contributed by atoms with Gasteiger partial charge in [0.25, 0.3) is 12.2 Å². The van der Waals surface area contributed by atoms with E-state index in [0.717, 1.165) is 11.3 Å². The molecule has 1 aliphatic heterocycles.